The first kappa shape index (κ1) is 18.6. The molecule has 26 heavy (non-hydrogen) atoms. The molecule has 0 spiro atoms. The molecule has 6 heteroatoms. The predicted molar refractivity (Wildman–Crippen MR) is 99.1 cm³/mol. The van der Waals surface area contributed by atoms with E-state index in [1.807, 2.05) is 13.0 Å². The molecule has 2 aromatic carbocycles. The fourth-order valence-corrected chi connectivity index (χ4v) is 4.06. The number of rotatable bonds is 5. The lowest BCUT2D eigenvalue weighted by atomic mass is 10.1. The van der Waals surface area contributed by atoms with Crippen LogP contribution in [0.4, 0.5) is 0 Å². The van der Waals surface area contributed by atoms with Crippen molar-refractivity contribution >= 4 is 16.0 Å². The van der Waals surface area contributed by atoms with Gasteiger partial charge in [-0.25, -0.2) is 4.18 Å². The third-order valence-electron chi connectivity index (χ3n) is 4.53. The van der Waals surface area contributed by atoms with Crippen molar-refractivity contribution in [2.45, 2.75) is 37.2 Å². The van der Waals surface area contributed by atoms with Crippen LogP contribution < -0.4 is 0 Å². The fraction of sp³-hybridized carbons (Fsp3) is 0.350. The Morgan fingerprint density at radius 1 is 0.962 bits per heavy atom. The summed E-state index contributed by atoms with van der Waals surface area (Å²) in [6.07, 6.45) is 1.78. The molecule has 138 valence electrons. The number of likely N-dealkylation sites (tertiary alicyclic amines) is 1. The Balaban J connectivity index is 1.90. The number of amides is 1. The van der Waals surface area contributed by atoms with Gasteiger partial charge < -0.3 is 4.90 Å². The van der Waals surface area contributed by atoms with Gasteiger partial charge in [0, 0.05) is 13.1 Å². The maximum Gasteiger partial charge on any atom is 0.298 e. The van der Waals surface area contributed by atoms with E-state index in [2.05, 4.69) is 0 Å². The highest BCUT2D eigenvalue weighted by molar-refractivity contribution is 7.86. The number of piperidine rings is 1. The molecule has 0 saturated carbocycles. The molecule has 1 fully saturated rings. The summed E-state index contributed by atoms with van der Waals surface area (Å²) in [5.74, 6) is -0.299. The molecule has 2 aromatic rings. The molecule has 1 aliphatic rings. The maximum absolute atomic E-state index is 13.0. The smallest absolute Gasteiger partial charge is 0.298 e. The van der Waals surface area contributed by atoms with Crippen molar-refractivity contribution < 1.29 is 17.4 Å². The van der Waals surface area contributed by atoms with Crippen LogP contribution in [0.5, 0.6) is 0 Å². The highest BCUT2D eigenvalue weighted by atomic mass is 32.2. The number of carbonyl (C=O) groups excluding carboxylic acids is 1. The standard InChI is InChI=1S/C20H23NO4S/c1-16-10-12-18(13-11-16)26(23,24)25-19(17-8-4-2-5-9-17)20(22)21-14-6-3-7-15-21/h2,4-5,8-13,19H,3,6-7,14-15H2,1H3/t19-/m0/s1. The Labute approximate surface area is 154 Å². The van der Waals surface area contributed by atoms with E-state index >= 15 is 0 Å². The largest absolute Gasteiger partial charge is 0.340 e. The number of carbonyl (C=O) groups is 1. The first-order valence-electron chi connectivity index (χ1n) is 8.81. The summed E-state index contributed by atoms with van der Waals surface area (Å²) in [5.41, 5.74) is 1.49. The molecular weight excluding hydrogens is 350 g/mol. The molecule has 0 aromatic heterocycles. The molecule has 0 N–H and O–H groups in total. The Morgan fingerprint density at radius 2 is 1.58 bits per heavy atom. The number of hydrogen-bond donors (Lipinski definition) is 0. The SMILES string of the molecule is Cc1ccc(S(=O)(=O)O[C@H](C(=O)N2CCCCC2)c2ccccc2)cc1. The molecule has 1 amide bonds. The van der Waals surface area contributed by atoms with Crippen molar-refractivity contribution in [3.05, 3.63) is 65.7 Å². The Morgan fingerprint density at radius 3 is 2.19 bits per heavy atom. The molecule has 0 bridgehead atoms. The number of hydrogen-bond acceptors (Lipinski definition) is 4. The van der Waals surface area contributed by atoms with Crippen LogP contribution in [-0.4, -0.2) is 32.3 Å². The average Bonchev–Trinajstić information content (AvgIpc) is 2.67. The quantitative estimate of drug-likeness (QED) is 0.753. The van der Waals surface area contributed by atoms with Crippen molar-refractivity contribution in [2.75, 3.05) is 13.1 Å². The van der Waals surface area contributed by atoms with Gasteiger partial charge in [-0.05, 0) is 43.9 Å². The minimum Gasteiger partial charge on any atom is -0.340 e. The molecule has 1 saturated heterocycles. The summed E-state index contributed by atoms with van der Waals surface area (Å²) < 4.78 is 30.9. The molecule has 5 nitrogen and oxygen atoms in total. The van der Waals surface area contributed by atoms with Crippen LogP contribution in [0.25, 0.3) is 0 Å². The zero-order valence-corrected chi connectivity index (χ0v) is 15.6. The van der Waals surface area contributed by atoms with E-state index in [1.165, 1.54) is 12.1 Å². The van der Waals surface area contributed by atoms with E-state index in [-0.39, 0.29) is 10.8 Å². The van der Waals surface area contributed by atoms with E-state index in [4.69, 9.17) is 4.18 Å². The van der Waals surface area contributed by atoms with Crippen LogP contribution in [0, 0.1) is 6.92 Å². The topological polar surface area (TPSA) is 63.7 Å². The van der Waals surface area contributed by atoms with Gasteiger partial charge >= 0.3 is 0 Å². The first-order valence-corrected chi connectivity index (χ1v) is 10.2. The first-order chi connectivity index (χ1) is 12.5. The number of benzene rings is 2. The molecule has 1 heterocycles. The van der Waals surface area contributed by atoms with Crippen LogP contribution >= 0.6 is 0 Å². The molecule has 1 atom stereocenters. The normalized spacial score (nSPS) is 16.3. The van der Waals surface area contributed by atoms with Crippen LogP contribution in [0.1, 0.15) is 36.5 Å². The molecule has 3 rings (SSSR count). The Bertz CT molecular complexity index is 841. The second-order valence-corrected chi connectivity index (χ2v) is 8.11. The van der Waals surface area contributed by atoms with Crippen molar-refractivity contribution in [3.8, 4) is 0 Å². The highest BCUT2D eigenvalue weighted by Crippen LogP contribution is 2.27. The molecule has 0 aliphatic carbocycles. The average molecular weight is 373 g/mol. The monoisotopic (exact) mass is 373 g/mol. The van der Waals surface area contributed by atoms with Gasteiger partial charge in [-0.15, -0.1) is 0 Å². The highest BCUT2D eigenvalue weighted by Gasteiger charge is 2.32. The molecular formula is C20H23NO4S. The minimum absolute atomic E-state index is 0.0514. The third kappa shape index (κ3) is 4.31. The maximum atomic E-state index is 13.0. The van der Waals surface area contributed by atoms with Crippen molar-refractivity contribution in [1.82, 2.24) is 4.90 Å². The summed E-state index contributed by atoms with van der Waals surface area (Å²) in [6.45, 7) is 3.15. The van der Waals surface area contributed by atoms with Gasteiger partial charge in [0.2, 0.25) is 0 Å². The van der Waals surface area contributed by atoms with Gasteiger partial charge in [0.25, 0.3) is 16.0 Å². The van der Waals surface area contributed by atoms with Crippen LogP contribution in [0.15, 0.2) is 59.5 Å². The van der Waals surface area contributed by atoms with E-state index in [0.717, 1.165) is 24.8 Å². The summed E-state index contributed by atoms with van der Waals surface area (Å²) in [4.78, 5) is 14.7. The molecule has 1 aliphatic heterocycles. The third-order valence-corrected chi connectivity index (χ3v) is 5.82. The number of aryl methyl sites for hydroxylation is 1. The van der Waals surface area contributed by atoms with Crippen molar-refractivity contribution in [1.29, 1.82) is 0 Å². The second-order valence-electron chi connectivity index (χ2n) is 6.54. The van der Waals surface area contributed by atoms with E-state index in [1.54, 1.807) is 41.3 Å². The second kappa shape index (κ2) is 8.01. The van der Waals surface area contributed by atoms with Gasteiger partial charge in [-0.1, -0.05) is 48.0 Å². The lowest BCUT2D eigenvalue weighted by molar-refractivity contribution is -0.139. The fourth-order valence-electron chi connectivity index (χ4n) is 3.03. The summed E-state index contributed by atoms with van der Waals surface area (Å²) >= 11 is 0. The lowest BCUT2D eigenvalue weighted by Crippen LogP contribution is -2.40. The van der Waals surface area contributed by atoms with Gasteiger partial charge in [0.15, 0.2) is 6.10 Å². The van der Waals surface area contributed by atoms with Crippen LogP contribution in [0.3, 0.4) is 0 Å². The Hall–Kier alpha value is -2.18. The van der Waals surface area contributed by atoms with E-state index < -0.39 is 16.2 Å². The number of nitrogens with zero attached hydrogens (tertiary/aromatic N) is 1. The summed E-state index contributed by atoms with van der Waals surface area (Å²) in [6, 6.07) is 15.2. The summed E-state index contributed by atoms with van der Waals surface area (Å²) in [5, 5.41) is 0. The van der Waals surface area contributed by atoms with Gasteiger partial charge in [0.1, 0.15) is 0 Å². The van der Waals surface area contributed by atoms with Crippen LogP contribution in [-0.2, 0) is 19.1 Å². The molecule has 0 unspecified atom stereocenters. The zero-order valence-electron chi connectivity index (χ0n) is 14.8. The summed E-state index contributed by atoms with van der Waals surface area (Å²) in [7, 11) is -4.06. The van der Waals surface area contributed by atoms with E-state index in [0.29, 0.717) is 18.7 Å². The van der Waals surface area contributed by atoms with Crippen LogP contribution in [0.2, 0.25) is 0 Å². The Kier molecular flexibility index (Phi) is 5.74. The minimum atomic E-state index is -4.06. The van der Waals surface area contributed by atoms with Gasteiger partial charge in [0.05, 0.1) is 4.90 Å². The predicted octanol–water partition coefficient (Wildman–Crippen LogP) is 3.45. The molecule has 0 radical (unpaired) electrons. The van der Waals surface area contributed by atoms with Crippen molar-refractivity contribution in [3.63, 3.8) is 0 Å². The van der Waals surface area contributed by atoms with Gasteiger partial charge in [-0.3, -0.25) is 4.79 Å². The van der Waals surface area contributed by atoms with Gasteiger partial charge in [-0.2, -0.15) is 8.42 Å². The van der Waals surface area contributed by atoms with E-state index in [9.17, 15) is 13.2 Å². The lowest BCUT2D eigenvalue weighted by Gasteiger charge is -2.30. The van der Waals surface area contributed by atoms with Crippen molar-refractivity contribution in [2.24, 2.45) is 0 Å². The zero-order chi connectivity index (χ0) is 18.6.